The van der Waals surface area contributed by atoms with Gasteiger partial charge in [-0.1, -0.05) is 23.7 Å². The molecule has 0 aliphatic carbocycles. The van der Waals surface area contributed by atoms with Crippen LogP contribution in [0, 0.1) is 6.92 Å². The van der Waals surface area contributed by atoms with E-state index < -0.39 is 0 Å². The first-order valence-corrected chi connectivity index (χ1v) is 10.3. The number of carbonyl (C=O) groups excluding carboxylic acids is 1. The summed E-state index contributed by atoms with van der Waals surface area (Å²) < 4.78 is 16.5. The lowest BCUT2D eigenvalue weighted by atomic mass is 10.1. The number of rotatable bonds is 9. The molecule has 0 fully saturated rings. The summed E-state index contributed by atoms with van der Waals surface area (Å²) in [5, 5.41) is 3.65. The highest BCUT2D eigenvalue weighted by Crippen LogP contribution is 2.25. The number of hydrogen-bond donors (Lipinski definition) is 1. The van der Waals surface area contributed by atoms with Crippen LogP contribution in [0.25, 0.3) is 0 Å². The lowest BCUT2D eigenvalue weighted by molar-refractivity contribution is 0.0954. The van der Waals surface area contributed by atoms with Gasteiger partial charge in [0.15, 0.2) is 0 Å². The summed E-state index contributed by atoms with van der Waals surface area (Å²) in [6, 6.07) is 18.6. The van der Waals surface area contributed by atoms with Crippen LogP contribution in [0.15, 0.2) is 60.7 Å². The number of hydrogen-bond acceptors (Lipinski definition) is 4. The first kappa shape index (κ1) is 22.5. The molecule has 0 spiro atoms. The van der Waals surface area contributed by atoms with E-state index in [1.807, 2.05) is 43.3 Å². The van der Waals surface area contributed by atoms with Gasteiger partial charge in [-0.25, -0.2) is 0 Å². The molecule has 3 aromatic rings. The first-order valence-electron chi connectivity index (χ1n) is 9.97. The minimum absolute atomic E-state index is 0.139. The molecule has 0 radical (unpaired) electrons. The maximum absolute atomic E-state index is 12.6. The quantitative estimate of drug-likeness (QED) is 0.496. The van der Waals surface area contributed by atoms with Crippen LogP contribution in [0.2, 0.25) is 5.02 Å². The zero-order valence-electron chi connectivity index (χ0n) is 17.9. The summed E-state index contributed by atoms with van der Waals surface area (Å²) in [4.78, 5) is 12.6. The Morgan fingerprint density at radius 2 is 1.68 bits per heavy atom. The Balaban J connectivity index is 1.61. The van der Waals surface area contributed by atoms with Crippen molar-refractivity contribution in [3.05, 3.63) is 87.9 Å². The van der Waals surface area contributed by atoms with Crippen molar-refractivity contribution in [2.45, 2.75) is 20.0 Å². The maximum atomic E-state index is 12.6. The Labute approximate surface area is 187 Å². The predicted octanol–water partition coefficient (Wildman–Crippen LogP) is 5.22. The van der Waals surface area contributed by atoms with E-state index in [0.29, 0.717) is 28.6 Å². The summed E-state index contributed by atoms with van der Waals surface area (Å²) >= 11 is 6.07. The van der Waals surface area contributed by atoms with Gasteiger partial charge in [-0.2, -0.15) is 0 Å². The van der Waals surface area contributed by atoms with Crippen molar-refractivity contribution in [1.82, 2.24) is 5.32 Å². The van der Waals surface area contributed by atoms with Crippen molar-refractivity contribution in [3.8, 4) is 17.2 Å². The van der Waals surface area contributed by atoms with Crippen LogP contribution >= 0.6 is 11.6 Å². The number of aryl methyl sites for hydroxylation is 1. The average Bonchev–Trinajstić information content (AvgIpc) is 2.80. The summed E-state index contributed by atoms with van der Waals surface area (Å²) in [6.45, 7) is 2.73. The van der Waals surface area contributed by atoms with Crippen molar-refractivity contribution >= 4 is 17.5 Å². The molecule has 1 N–H and O–H groups in total. The first-order chi connectivity index (χ1) is 15.0. The van der Waals surface area contributed by atoms with Gasteiger partial charge in [-0.05, 0) is 73.0 Å². The number of amides is 1. The van der Waals surface area contributed by atoms with E-state index in [1.54, 1.807) is 38.5 Å². The normalized spacial score (nSPS) is 10.5. The number of halogens is 1. The molecule has 0 heterocycles. The fraction of sp³-hybridized carbons (Fsp3) is 0.240. The molecule has 0 unspecified atom stereocenters. The Morgan fingerprint density at radius 1 is 0.935 bits per heavy atom. The molecule has 31 heavy (non-hydrogen) atoms. The lowest BCUT2D eigenvalue weighted by Crippen LogP contribution is -2.25. The van der Waals surface area contributed by atoms with Crippen molar-refractivity contribution in [1.29, 1.82) is 0 Å². The van der Waals surface area contributed by atoms with E-state index in [-0.39, 0.29) is 12.5 Å². The van der Waals surface area contributed by atoms with Gasteiger partial charge in [0.05, 0.1) is 14.2 Å². The number of carbonyl (C=O) groups is 1. The third-order valence-electron chi connectivity index (χ3n) is 4.92. The van der Waals surface area contributed by atoms with Gasteiger partial charge < -0.3 is 19.5 Å². The topological polar surface area (TPSA) is 56.8 Å². The number of methoxy groups -OCH3 is 2. The van der Waals surface area contributed by atoms with Crippen LogP contribution in [-0.2, 0) is 13.0 Å². The molecule has 5 nitrogen and oxygen atoms in total. The van der Waals surface area contributed by atoms with Gasteiger partial charge in [0.25, 0.3) is 5.91 Å². The van der Waals surface area contributed by atoms with Crippen molar-refractivity contribution in [2.24, 2.45) is 0 Å². The molecule has 0 bridgehead atoms. The van der Waals surface area contributed by atoms with Gasteiger partial charge in [0.2, 0.25) is 0 Å². The highest BCUT2D eigenvalue weighted by molar-refractivity contribution is 6.31. The predicted molar refractivity (Wildman–Crippen MR) is 123 cm³/mol. The van der Waals surface area contributed by atoms with Gasteiger partial charge in [0.1, 0.15) is 23.9 Å². The summed E-state index contributed by atoms with van der Waals surface area (Å²) in [6.07, 6.45) is 0.734. The van der Waals surface area contributed by atoms with E-state index in [1.165, 1.54) is 0 Å². The average molecular weight is 440 g/mol. The van der Waals surface area contributed by atoms with Gasteiger partial charge in [0, 0.05) is 22.7 Å². The molecule has 1 amide bonds. The monoisotopic (exact) mass is 439 g/mol. The minimum Gasteiger partial charge on any atom is -0.497 e. The van der Waals surface area contributed by atoms with Gasteiger partial charge >= 0.3 is 0 Å². The smallest absolute Gasteiger partial charge is 0.251 e. The molecule has 3 rings (SSSR count). The third kappa shape index (κ3) is 6.15. The Bertz CT molecular complexity index is 1030. The van der Waals surface area contributed by atoms with Crippen LogP contribution in [0.4, 0.5) is 0 Å². The number of benzene rings is 3. The molecule has 0 aliphatic heterocycles. The molecule has 0 saturated heterocycles. The van der Waals surface area contributed by atoms with Gasteiger partial charge in [-0.15, -0.1) is 0 Å². The molecular weight excluding hydrogens is 414 g/mol. The fourth-order valence-electron chi connectivity index (χ4n) is 3.12. The van der Waals surface area contributed by atoms with Crippen molar-refractivity contribution in [2.75, 3.05) is 20.8 Å². The molecule has 162 valence electrons. The second kappa shape index (κ2) is 10.7. The number of nitrogens with one attached hydrogen (secondary N) is 1. The van der Waals surface area contributed by atoms with Crippen molar-refractivity contribution < 1.29 is 19.0 Å². The highest BCUT2D eigenvalue weighted by Gasteiger charge is 2.11. The van der Waals surface area contributed by atoms with Crippen LogP contribution in [0.5, 0.6) is 17.2 Å². The van der Waals surface area contributed by atoms with E-state index in [4.69, 9.17) is 25.8 Å². The SMILES string of the molecule is COc1ccc(CCNC(=O)c2ccc(OC)c(COc3ccc(Cl)c(C)c3)c2)cc1. The minimum atomic E-state index is -0.139. The molecule has 0 atom stereocenters. The Hall–Kier alpha value is -3.18. The Morgan fingerprint density at radius 3 is 2.35 bits per heavy atom. The lowest BCUT2D eigenvalue weighted by Gasteiger charge is -2.13. The van der Waals surface area contributed by atoms with Crippen molar-refractivity contribution in [3.63, 3.8) is 0 Å². The fourth-order valence-corrected chi connectivity index (χ4v) is 3.23. The van der Waals surface area contributed by atoms with Gasteiger partial charge in [-0.3, -0.25) is 4.79 Å². The summed E-state index contributed by atoms with van der Waals surface area (Å²) in [5.41, 5.74) is 3.42. The molecular formula is C25H26ClNO4. The van der Waals surface area contributed by atoms with Crippen LogP contribution in [0.1, 0.15) is 27.0 Å². The summed E-state index contributed by atoms with van der Waals surface area (Å²) in [7, 11) is 3.24. The van der Waals surface area contributed by atoms with E-state index in [2.05, 4.69) is 5.32 Å². The van der Waals surface area contributed by atoms with Crippen LogP contribution in [-0.4, -0.2) is 26.7 Å². The van der Waals surface area contributed by atoms with Crippen LogP contribution in [0.3, 0.4) is 0 Å². The standard InChI is InChI=1S/C25H26ClNO4/c1-17-14-22(9-10-23(17)26)31-16-20-15-19(6-11-24(20)30-3)25(28)27-13-12-18-4-7-21(29-2)8-5-18/h4-11,14-15H,12-13,16H2,1-3H3,(H,27,28). The second-order valence-corrected chi connectivity index (χ2v) is 7.49. The van der Waals surface area contributed by atoms with E-state index >= 15 is 0 Å². The third-order valence-corrected chi connectivity index (χ3v) is 5.35. The Kier molecular flexibility index (Phi) is 7.79. The zero-order chi connectivity index (χ0) is 22.2. The maximum Gasteiger partial charge on any atom is 0.251 e. The molecule has 3 aromatic carbocycles. The number of ether oxygens (including phenoxy) is 3. The second-order valence-electron chi connectivity index (χ2n) is 7.08. The molecule has 0 aliphatic rings. The molecule has 6 heteroatoms. The van der Waals surface area contributed by atoms with Crippen LogP contribution < -0.4 is 19.5 Å². The zero-order valence-corrected chi connectivity index (χ0v) is 18.7. The summed E-state index contributed by atoms with van der Waals surface area (Å²) in [5.74, 6) is 2.05. The molecule has 0 saturated carbocycles. The molecule has 0 aromatic heterocycles. The van der Waals surface area contributed by atoms with E-state index in [0.717, 1.165) is 28.9 Å². The highest BCUT2D eigenvalue weighted by atomic mass is 35.5. The van der Waals surface area contributed by atoms with E-state index in [9.17, 15) is 4.79 Å². The largest absolute Gasteiger partial charge is 0.497 e.